The molecule has 1 aromatic rings. The first kappa shape index (κ1) is 21.3. The highest BCUT2D eigenvalue weighted by molar-refractivity contribution is 5.94. The highest BCUT2D eigenvalue weighted by atomic mass is 19.4. The third kappa shape index (κ3) is 7.41. The van der Waals surface area contributed by atoms with Gasteiger partial charge in [0.15, 0.2) is 0 Å². The fraction of sp³-hybridized carbons (Fsp3) is 0.438. The smallest absolute Gasteiger partial charge is 0.416 e. The van der Waals surface area contributed by atoms with Crippen molar-refractivity contribution in [2.24, 2.45) is 5.92 Å². The van der Waals surface area contributed by atoms with Crippen LogP contribution in [-0.2, 0) is 15.8 Å². The summed E-state index contributed by atoms with van der Waals surface area (Å²) in [4.78, 5) is 34.5. The number of anilines is 1. The second-order valence-corrected chi connectivity index (χ2v) is 5.97. The van der Waals surface area contributed by atoms with E-state index in [0.29, 0.717) is 0 Å². The zero-order valence-corrected chi connectivity index (χ0v) is 14.2. The number of alkyl halides is 3. The summed E-state index contributed by atoms with van der Waals surface area (Å²) in [7, 11) is 0. The number of carboxylic acids is 1. The summed E-state index contributed by atoms with van der Waals surface area (Å²) in [5.74, 6) is -1.86. The van der Waals surface area contributed by atoms with E-state index < -0.39 is 42.2 Å². The molecule has 0 saturated carbocycles. The Labute approximate surface area is 148 Å². The van der Waals surface area contributed by atoms with Crippen LogP contribution in [-0.4, -0.2) is 35.6 Å². The van der Waals surface area contributed by atoms with Crippen LogP contribution in [0.4, 0.5) is 23.7 Å². The Hall–Kier alpha value is -2.78. The van der Waals surface area contributed by atoms with E-state index in [-0.39, 0.29) is 18.0 Å². The van der Waals surface area contributed by atoms with Crippen molar-refractivity contribution in [2.75, 3.05) is 11.9 Å². The molecule has 3 amide bonds. The number of aliphatic carboxylic acids is 1. The van der Waals surface area contributed by atoms with Gasteiger partial charge in [0, 0.05) is 5.69 Å². The molecule has 7 nitrogen and oxygen atoms in total. The number of benzene rings is 1. The summed E-state index contributed by atoms with van der Waals surface area (Å²) in [5.41, 5.74) is -0.737. The van der Waals surface area contributed by atoms with Crippen molar-refractivity contribution >= 4 is 23.6 Å². The Bertz CT molecular complexity index is 645. The average Bonchev–Trinajstić information content (AvgIpc) is 2.51. The monoisotopic (exact) mass is 375 g/mol. The fourth-order valence-electron chi connectivity index (χ4n) is 2.06. The van der Waals surface area contributed by atoms with Gasteiger partial charge in [0.25, 0.3) is 0 Å². The van der Waals surface area contributed by atoms with E-state index in [1.54, 1.807) is 0 Å². The number of carbonyl (C=O) groups is 3. The zero-order valence-electron chi connectivity index (χ0n) is 14.2. The van der Waals surface area contributed by atoms with E-state index in [1.807, 2.05) is 13.8 Å². The van der Waals surface area contributed by atoms with Gasteiger partial charge >= 0.3 is 18.2 Å². The van der Waals surface area contributed by atoms with Crippen molar-refractivity contribution in [2.45, 2.75) is 32.5 Å². The summed E-state index contributed by atoms with van der Waals surface area (Å²) < 4.78 is 37.5. The van der Waals surface area contributed by atoms with Crippen LogP contribution in [0, 0.1) is 5.92 Å². The van der Waals surface area contributed by atoms with Crippen LogP contribution in [0.3, 0.4) is 0 Å². The average molecular weight is 375 g/mol. The molecule has 1 rings (SSSR count). The van der Waals surface area contributed by atoms with Crippen molar-refractivity contribution < 1.29 is 32.7 Å². The molecular formula is C16H20F3N3O4. The second-order valence-electron chi connectivity index (χ2n) is 5.97. The summed E-state index contributed by atoms with van der Waals surface area (Å²) >= 11 is 0. The van der Waals surface area contributed by atoms with Crippen molar-refractivity contribution in [1.82, 2.24) is 10.6 Å². The number of nitrogens with one attached hydrogen (secondary N) is 3. The largest absolute Gasteiger partial charge is 0.480 e. The van der Waals surface area contributed by atoms with Gasteiger partial charge in [0.2, 0.25) is 5.91 Å². The third-order valence-corrected chi connectivity index (χ3v) is 3.21. The van der Waals surface area contributed by atoms with E-state index >= 15 is 0 Å². The molecule has 0 spiro atoms. The number of carbonyl (C=O) groups excluding carboxylic acids is 2. The standard InChI is InChI=1S/C16H20F3N3O4/c1-9(2)7-12(14(25)20-8-13(23)24)22-15(26)21-11-5-3-10(4-6-11)16(17,18)19/h3-6,9,12H,7-8H2,1-2H3,(H,20,25)(H,23,24)(H2,21,22,26)/t12-/m0/s1. The maximum atomic E-state index is 12.5. The molecule has 0 unspecified atom stereocenters. The van der Waals surface area contributed by atoms with E-state index in [9.17, 15) is 27.6 Å². The molecule has 4 N–H and O–H groups in total. The lowest BCUT2D eigenvalue weighted by molar-refractivity contribution is -0.138. The molecule has 144 valence electrons. The molecule has 0 fully saturated rings. The Morgan fingerprint density at radius 3 is 2.15 bits per heavy atom. The third-order valence-electron chi connectivity index (χ3n) is 3.21. The number of amides is 3. The van der Waals surface area contributed by atoms with Gasteiger partial charge in [-0.15, -0.1) is 0 Å². The van der Waals surface area contributed by atoms with Crippen LogP contribution >= 0.6 is 0 Å². The Kier molecular flexibility index (Phi) is 7.41. The van der Waals surface area contributed by atoms with Crippen LogP contribution < -0.4 is 16.0 Å². The minimum Gasteiger partial charge on any atom is -0.480 e. The number of hydrogen-bond donors (Lipinski definition) is 4. The molecule has 26 heavy (non-hydrogen) atoms. The summed E-state index contributed by atoms with van der Waals surface area (Å²) in [6, 6.07) is 2.04. The van der Waals surface area contributed by atoms with Crippen LogP contribution in [0.5, 0.6) is 0 Å². The maximum absolute atomic E-state index is 12.5. The van der Waals surface area contributed by atoms with E-state index in [1.165, 1.54) is 0 Å². The number of rotatable bonds is 7. The highest BCUT2D eigenvalue weighted by Crippen LogP contribution is 2.29. The molecular weight excluding hydrogens is 355 g/mol. The zero-order chi connectivity index (χ0) is 19.9. The molecule has 0 heterocycles. The van der Waals surface area contributed by atoms with Gasteiger partial charge < -0.3 is 21.1 Å². The summed E-state index contributed by atoms with van der Waals surface area (Å²) in [6.45, 7) is 3.04. The minimum absolute atomic E-state index is 0.0296. The molecule has 0 aliphatic heterocycles. The van der Waals surface area contributed by atoms with Crippen LogP contribution in [0.25, 0.3) is 0 Å². The lowest BCUT2D eigenvalue weighted by Gasteiger charge is -2.20. The normalized spacial score (nSPS) is 12.4. The van der Waals surface area contributed by atoms with Gasteiger partial charge in [-0.3, -0.25) is 9.59 Å². The maximum Gasteiger partial charge on any atom is 0.416 e. The number of halogens is 3. The molecule has 0 radical (unpaired) electrons. The topological polar surface area (TPSA) is 108 Å². The van der Waals surface area contributed by atoms with E-state index in [2.05, 4.69) is 16.0 Å². The summed E-state index contributed by atoms with van der Waals surface area (Å²) in [6.07, 6.45) is -4.22. The molecule has 10 heteroatoms. The first-order chi connectivity index (χ1) is 12.0. The van der Waals surface area contributed by atoms with Crippen molar-refractivity contribution in [3.05, 3.63) is 29.8 Å². The van der Waals surface area contributed by atoms with Gasteiger partial charge in [0.1, 0.15) is 12.6 Å². The molecule has 0 saturated heterocycles. The van der Waals surface area contributed by atoms with Gasteiger partial charge in [-0.1, -0.05) is 13.8 Å². The van der Waals surface area contributed by atoms with Gasteiger partial charge in [-0.05, 0) is 36.6 Å². The predicted octanol–water partition coefficient (Wildman–Crippen LogP) is 2.44. The lowest BCUT2D eigenvalue weighted by atomic mass is 10.0. The second kappa shape index (κ2) is 9.07. The van der Waals surface area contributed by atoms with Crippen LogP contribution in [0.15, 0.2) is 24.3 Å². The van der Waals surface area contributed by atoms with Crippen molar-refractivity contribution in [1.29, 1.82) is 0 Å². The van der Waals surface area contributed by atoms with Crippen molar-refractivity contribution in [3.63, 3.8) is 0 Å². The first-order valence-electron chi connectivity index (χ1n) is 7.73. The Morgan fingerprint density at radius 2 is 1.69 bits per heavy atom. The summed E-state index contributed by atoms with van der Waals surface area (Å²) in [5, 5.41) is 15.5. The number of urea groups is 1. The van der Waals surface area contributed by atoms with Crippen molar-refractivity contribution in [3.8, 4) is 0 Å². The van der Waals surface area contributed by atoms with Gasteiger partial charge in [-0.2, -0.15) is 13.2 Å². The molecule has 0 aromatic heterocycles. The first-order valence-corrected chi connectivity index (χ1v) is 7.73. The SMILES string of the molecule is CC(C)C[C@H](NC(=O)Nc1ccc(C(F)(F)F)cc1)C(=O)NCC(=O)O. The Balaban J connectivity index is 2.70. The minimum atomic E-state index is -4.48. The van der Waals surface area contributed by atoms with Crippen LogP contribution in [0.1, 0.15) is 25.8 Å². The van der Waals surface area contributed by atoms with E-state index in [0.717, 1.165) is 24.3 Å². The highest BCUT2D eigenvalue weighted by Gasteiger charge is 2.30. The molecule has 0 bridgehead atoms. The quantitative estimate of drug-likeness (QED) is 0.587. The molecule has 0 aliphatic rings. The molecule has 1 aromatic carbocycles. The van der Waals surface area contributed by atoms with E-state index in [4.69, 9.17) is 5.11 Å². The fourth-order valence-corrected chi connectivity index (χ4v) is 2.06. The Morgan fingerprint density at radius 1 is 1.12 bits per heavy atom. The lowest BCUT2D eigenvalue weighted by Crippen LogP contribution is -2.49. The number of hydrogen-bond acceptors (Lipinski definition) is 3. The molecule has 1 atom stereocenters. The van der Waals surface area contributed by atoms with Gasteiger partial charge in [-0.25, -0.2) is 4.79 Å². The molecule has 0 aliphatic carbocycles. The predicted molar refractivity (Wildman–Crippen MR) is 87.5 cm³/mol. The number of carboxylic acid groups (broad SMARTS) is 1. The van der Waals surface area contributed by atoms with Gasteiger partial charge in [0.05, 0.1) is 5.56 Å². The van der Waals surface area contributed by atoms with Crippen LogP contribution in [0.2, 0.25) is 0 Å².